The van der Waals surface area contributed by atoms with Gasteiger partial charge in [-0.3, -0.25) is 9.20 Å². The van der Waals surface area contributed by atoms with Crippen molar-refractivity contribution >= 4 is 22.6 Å². The molecule has 23 heavy (non-hydrogen) atoms. The van der Waals surface area contributed by atoms with Crippen molar-refractivity contribution in [1.82, 2.24) is 14.4 Å². The smallest absolute Gasteiger partial charge is 0.336 e. The van der Waals surface area contributed by atoms with Crippen LogP contribution in [0.3, 0.4) is 0 Å². The van der Waals surface area contributed by atoms with Crippen LogP contribution in [0.25, 0.3) is 16.7 Å². The molecule has 1 fully saturated rings. The Balaban J connectivity index is 2.10. The number of rotatable bonds is 2. The number of hydrogen-bond acceptors (Lipinski definition) is 3. The Morgan fingerprint density at radius 2 is 2.09 bits per heavy atom. The number of nitrogens with one attached hydrogen (secondary N) is 1. The number of imidazole rings is 1. The van der Waals surface area contributed by atoms with Gasteiger partial charge in [0.2, 0.25) is 5.65 Å². The number of aromatic amines is 1. The van der Waals surface area contributed by atoms with Crippen LogP contribution in [0, 0.1) is 6.92 Å². The highest BCUT2D eigenvalue weighted by Crippen LogP contribution is 2.35. The zero-order chi connectivity index (χ0) is 16.1. The minimum Gasteiger partial charge on any atom is -0.478 e. The van der Waals surface area contributed by atoms with Crippen molar-refractivity contribution < 1.29 is 9.90 Å². The second-order valence-corrected chi connectivity index (χ2v) is 6.27. The van der Waals surface area contributed by atoms with Gasteiger partial charge in [0.05, 0.1) is 16.6 Å². The summed E-state index contributed by atoms with van der Waals surface area (Å²) in [5, 5.41) is 9.28. The van der Waals surface area contributed by atoms with E-state index in [1.54, 1.807) is 13.1 Å². The van der Waals surface area contributed by atoms with Crippen molar-refractivity contribution in [2.24, 2.45) is 0 Å². The molecule has 1 saturated carbocycles. The van der Waals surface area contributed by atoms with Crippen molar-refractivity contribution in [3.8, 4) is 0 Å². The zero-order valence-corrected chi connectivity index (χ0v) is 12.8. The Morgan fingerprint density at radius 1 is 1.35 bits per heavy atom. The lowest BCUT2D eigenvalue weighted by atomic mass is 10.0. The summed E-state index contributed by atoms with van der Waals surface area (Å²) in [4.78, 5) is 30.7. The quantitative estimate of drug-likeness (QED) is 0.762. The lowest BCUT2D eigenvalue weighted by Gasteiger charge is -2.12. The van der Waals surface area contributed by atoms with E-state index >= 15 is 0 Å². The Hall–Kier alpha value is -2.63. The Kier molecular flexibility index (Phi) is 3.01. The number of nitrogens with zero attached hydrogens (tertiary/aromatic N) is 2. The van der Waals surface area contributed by atoms with E-state index in [9.17, 15) is 14.7 Å². The standard InChI is InChI=1S/C17H17N3O3/c1-9-6-13-12(7-11(9)17(22)23)19-16(21)15-18-8-14(20(13)15)10-4-2-3-5-10/h6-8,10H,2-5H2,1H3,(H,19,21)(H,22,23). The summed E-state index contributed by atoms with van der Waals surface area (Å²) >= 11 is 0. The van der Waals surface area contributed by atoms with E-state index in [4.69, 9.17) is 0 Å². The van der Waals surface area contributed by atoms with Crippen LogP contribution in [0.5, 0.6) is 0 Å². The summed E-state index contributed by atoms with van der Waals surface area (Å²) in [5.74, 6) is -0.582. The highest BCUT2D eigenvalue weighted by Gasteiger charge is 2.23. The molecule has 3 aromatic rings. The lowest BCUT2D eigenvalue weighted by molar-refractivity contribution is 0.0696. The van der Waals surface area contributed by atoms with Gasteiger partial charge < -0.3 is 10.1 Å². The molecule has 0 aliphatic heterocycles. The molecule has 0 amide bonds. The average Bonchev–Trinajstić information content (AvgIpc) is 3.16. The summed E-state index contributed by atoms with van der Waals surface area (Å²) in [6.07, 6.45) is 6.39. The molecule has 2 heterocycles. The second kappa shape index (κ2) is 4.94. The average molecular weight is 311 g/mol. The van der Waals surface area contributed by atoms with E-state index < -0.39 is 5.97 Å². The van der Waals surface area contributed by atoms with Gasteiger partial charge >= 0.3 is 5.97 Å². The third kappa shape index (κ3) is 2.05. The van der Waals surface area contributed by atoms with E-state index in [0.29, 0.717) is 22.6 Å². The van der Waals surface area contributed by atoms with Crippen molar-refractivity contribution in [3.05, 3.63) is 45.5 Å². The number of carboxylic acids is 1. The number of benzene rings is 1. The molecule has 0 spiro atoms. The van der Waals surface area contributed by atoms with Crippen molar-refractivity contribution in [3.63, 3.8) is 0 Å². The Morgan fingerprint density at radius 3 is 2.78 bits per heavy atom. The molecule has 1 aromatic carbocycles. The number of aromatic nitrogens is 3. The maximum atomic E-state index is 12.3. The Labute approximate surface area is 131 Å². The molecule has 1 aliphatic carbocycles. The number of carbonyl (C=O) groups is 1. The van der Waals surface area contributed by atoms with E-state index in [0.717, 1.165) is 24.1 Å². The summed E-state index contributed by atoms with van der Waals surface area (Å²) in [6, 6.07) is 3.36. The fourth-order valence-corrected chi connectivity index (χ4v) is 3.67. The van der Waals surface area contributed by atoms with Crippen LogP contribution in [0.4, 0.5) is 0 Å². The van der Waals surface area contributed by atoms with Crippen molar-refractivity contribution in [1.29, 1.82) is 0 Å². The first-order valence-corrected chi connectivity index (χ1v) is 7.83. The summed E-state index contributed by atoms with van der Waals surface area (Å²) in [5.41, 5.74) is 3.35. The zero-order valence-electron chi connectivity index (χ0n) is 12.8. The topological polar surface area (TPSA) is 87.5 Å². The van der Waals surface area contributed by atoms with Gasteiger partial charge in [0, 0.05) is 17.8 Å². The van der Waals surface area contributed by atoms with Crippen LogP contribution in [-0.2, 0) is 0 Å². The molecule has 0 atom stereocenters. The van der Waals surface area contributed by atoms with Gasteiger partial charge in [-0.2, -0.15) is 0 Å². The third-order valence-corrected chi connectivity index (χ3v) is 4.83. The number of aromatic carboxylic acids is 1. The highest BCUT2D eigenvalue weighted by atomic mass is 16.4. The number of fused-ring (bicyclic) bond motifs is 3. The fraction of sp³-hybridized carbons (Fsp3) is 0.353. The molecule has 0 unspecified atom stereocenters. The molecule has 4 rings (SSSR count). The van der Waals surface area contributed by atoms with Gasteiger partial charge in [0.25, 0.3) is 5.56 Å². The summed E-state index contributed by atoms with van der Waals surface area (Å²) < 4.78 is 1.91. The number of carboxylic acid groups (broad SMARTS) is 1. The molecule has 1 aliphatic rings. The second-order valence-electron chi connectivity index (χ2n) is 6.27. The van der Waals surface area contributed by atoms with Crippen LogP contribution in [0.15, 0.2) is 23.1 Å². The van der Waals surface area contributed by atoms with E-state index in [-0.39, 0.29) is 11.1 Å². The predicted molar refractivity (Wildman–Crippen MR) is 86.2 cm³/mol. The van der Waals surface area contributed by atoms with E-state index in [1.165, 1.54) is 18.9 Å². The van der Waals surface area contributed by atoms with E-state index in [1.807, 2.05) is 10.5 Å². The van der Waals surface area contributed by atoms with E-state index in [2.05, 4.69) is 9.97 Å². The normalized spacial score (nSPS) is 15.7. The molecule has 0 saturated heterocycles. The minimum absolute atomic E-state index is 0.204. The predicted octanol–water partition coefficient (Wildman–Crippen LogP) is 2.84. The van der Waals surface area contributed by atoms with Gasteiger partial charge in [-0.1, -0.05) is 12.8 Å². The van der Waals surface area contributed by atoms with Crippen LogP contribution in [0.2, 0.25) is 0 Å². The molecular formula is C17H17N3O3. The van der Waals surface area contributed by atoms with Crippen molar-refractivity contribution in [2.45, 2.75) is 38.5 Å². The monoisotopic (exact) mass is 311 g/mol. The van der Waals surface area contributed by atoms with Gasteiger partial charge in [-0.05, 0) is 37.5 Å². The largest absolute Gasteiger partial charge is 0.478 e. The van der Waals surface area contributed by atoms with Gasteiger partial charge in [0.1, 0.15) is 0 Å². The Bertz CT molecular complexity index is 994. The third-order valence-electron chi connectivity index (χ3n) is 4.83. The SMILES string of the molecule is Cc1cc2c(cc1C(=O)O)[nH]c(=O)c1ncc(C3CCCC3)n12. The lowest BCUT2D eigenvalue weighted by Crippen LogP contribution is -2.13. The summed E-state index contributed by atoms with van der Waals surface area (Å²) in [7, 11) is 0. The van der Waals surface area contributed by atoms with Gasteiger partial charge in [0.15, 0.2) is 0 Å². The molecule has 6 nitrogen and oxygen atoms in total. The van der Waals surface area contributed by atoms with Crippen LogP contribution >= 0.6 is 0 Å². The van der Waals surface area contributed by atoms with Crippen LogP contribution in [0.1, 0.15) is 53.2 Å². The number of aryl methyl sites for hydroxylation is 1. The number of H-pyrrole nitrogens is 1. The minimum atomic E-state index is -0.994. The number of hydrogen-bond donors (Lipinski definition) is 2. The maximum Gasteiger partial charge on any atom is 0.336 e. The first-order chi connectivity index (χ1) is 11.1. The molecule has 6 heteroatoms. The molecule has 2 N–H and O–H groups in total. The molecular weight excluding hydrogens is 294 g/mol. The first kappa shape index (κ1) is 14.0. The highest BCUT2D eigenvalue weighted by molar-refractivity contribution is 5.94. The first-order valence-electron chi connectivity index (χ1n) is 7.83. The van der Waals surface area contributed by atoms with Crippen LogP contribution in [-0.4, -0.2) is 25.4 Å². The molecule has 0 radical (unpaired) electrons. The van der Waals surface area contributed by atoms with Gasteiger partial charge in [-0.15, -0.1) is 0 Å². The van der Waals surface area contributed by atoms with Crippen LogP contribution < -0.4 is 5.56 Å². The van der Waals surface area contributed by atoms with Crippen molar-refractivity contribution in [2.75, 3.05) is 0 Å². The van der Waals surface area contributed by atoms with Gasteiger partial charge in [-0.25, -0.2) is 9.78 Å². The summed E-state index contributed by atoms with van der Waals surface area (Å²) in [6.45, 7) is 1.77. The molecule has 0 bridgehead atoms. The fourth-order valence-electron chi connectivity index (χ4n) is 3.67. The maximum absolute atomic E-state index is 12.3. The molecule has 2 aromatic heterocycles. The molecule has 118 valence electrons.